The molecular formula is C12H21NO4. The van der Waals surface area contributed by atoms with Crippen LogP contribution < -0.4 is 5.32 Å². The Kier molecular flexibility index (Phi) is 5.41. The molecule has 0 aromatic carbocycles. The van der Waals surface area contributed by atoms with Gasteiger partial charge in [0.15, 0.2) is 6.10 Å². The van der Waals surface area contributed by atoms with Crippen molar-refractivity contribution in [1.29, 1.82) is 0 Å². The normalized spacial score (nSPS) is 26.2. The van der Waals surface area contributed by atoms with E-state index in [2.05, 4.69) is 12.2 Å². The van der Waals surface area contributed by atoms with Crippen molar-refractivity contribution in [3.05, 3.63) is 0 Å². The molecule has 1 fully saturated rings. The molecule has 1 unspecified atom stereocenters. The fraction of sp³-hybridized carbons (Fsp3) is 0.833. The quantitative estimate of drug-likeness (QED) is 0.756. The van der Waals surface area contributed by atoms with Crippen LogP contribution in [0.1, 0.15) is 32.6 Å². The van der Waals surface area contributed by atoms with Gasteiger partial charge in [0.1, 0.15) is 0 Å². The first-order valence-corrected chi connectivity index (χ1v) is 6.08. The second kappa shape index (κ2) is 6.59. The van der Waals surface area contributed by atoms with E-state index in [1.807, 2.05) is 0 Å². The number of nitrogens with one attached hydrogen (secondary N) is 1. The molecule has 1 aliphatic carbocycles. The lowest BCUT2D eigenvalue weighted by Crippen LogP contribution is -2.41. The fourth-order valence-corrected chi connectivity index (χ4v) is 2.13. The standard InChI is InChI=1S/C12H21NO4/c1-8-3-5-9(6-4-8)11(14)13-7-10(17-2)12(15)16/h8-10H,3-7H2,1-2H3,(H,13,14)(H,15,16). The minimum Gasteiger partial charge on any atom is -0.479 e. The van der Waals surface area contributed by atoms with Gasteiger partial charge in [-0.05, 0) is 31.6 Å². The Morgan fingerprint density at radius 2 is 1.94 bits per heavy atom. The first-order chi connectivity index (χ1) is 8.04. The number of carbonyl (C=O) groups excluding carboxylic acids is 1. The molecule has 1 amide bonds. The molecule has 0 aromatic heterocycles. The highest BCUT2D eigenvalue weighted by molar-refractivity contribution is 5.80. The molecule has 5 nitrogen and oxygen atoms in total. The summed E-state index contributed by atoms with van der Waals surface area (Å²) in [6.45, 7) is 2.23. The van der Waals surface area contributed by atoms with Crippen molar-refractivity contribution in [2.75, 3.05) is 13.7 Å². The zero-order chi connectivity index (χ0) is 12.8. The largest absolute Gasteiger partial charge is 0.479 e. The highest BCUT2D eigenvalue weighted by Gasteiger charge is 2.25. The van der Waals surface area contributed by atoms with Crippen molar-refractivity contribution >= 4 is 11.9 Å². The van der Waals surface area contributed by atoms with E-state index in [0.29, 0.717) is 5.92 Å². The van der Waals surface area contributed by atoms with Crippen LogP contribution in [-0.2, 0) is 14.3 Å². The second-order valence-electron chi connectivity index (χ2n) is 4.76. The molecule has 1 aliphatic rings. The third-order valence-electron chi connectivity index (χ3n) is 3.41. The molecule has 1 atom stereocenters. The van der Waals surface area contributed by atoms with Crippen molar-refractivity contribution in [3.63, 3.8) is 0 Å². The van der Waals surface area contributed by atoms with Crippen LogP contribution in [0.15, 0.2) is 0 Å². The topological polar surface area (TPSA) is 75.6 Å². The number of methoxy groups -OCH3 is 1. The van der Waals surface area contributed by atoms with Gasteiger partial charge in [0.2, 0.25) is 5.91 Å². The van der Waals surface area contributed by atoms with Crippen molar-refractivity contribution in [2.45, 2.75) is 38.7 Å². The van der Waals surface area contributed by atoms with E-state index >= 15 is 0 Å². The minimum atomic E-state index is -1.05. The van der Waals surface area contributed by atoms with Crippen LogP contribution in [0.25, 0.3) is 0 Å². The number of carbonyl (C=O) groups is 2. The molecule has 0 heterocycles. The Morgan fingerprint density at radius 3 is 2.41 bits per heavy atom. The summed E-state index contributed by atoms with van der Waals surface area (Å²) in [4.78, 5) is 22.5. The average Bonchev–Trinajstić information content (AvgIpc) is 2.30. The summed E-state index contributed by atoms with van der Waals surface area (Å²) >= 11 is 0. The Labute approximate surface area is 102 Å². The predicted octanol–water partition coefficient (Wildman–Crippen LogP) is 1.03. The van der Waals surface area contributed by atoms with Gasteiger partial charge < -0.3 is 15.2 Å². The summed E-state index contributed by atoms with van der Waals surface area (Å²) in [5, 5.41) is 11.4. The maximum atomic E-state index is 11.8. The van der Waals surface area contributed by atoms with Crippen LogP contribution in [-0.4, -0.2) is 36.7 Å². The maximum absolute atomic E-state index is 11.8. The summed E-state index contributed by atoms with van der Waals surface area (Å²) in [7, 11) is 1.33. The van der Waals surface area contributed by atoms with Crippen molar-refractivity contribution in [2.24, 2.45) is 11.8 Å². The molecular weight excluding hydrogens is 222 g/mol. The summed E-state index contributed by atoms with van der Waals surface area (Å²) in [6, 6.07) is 0. The fourth-order valence-electron chi connectivity index (χ4n) is 2.13. The lowest BCUT2D eigenvalue weighted by molar-refractivity contribution is -0.148. The molecule has 1 rings (SSSR count). The number of carboxylic acid groups (broad SMARTS) is 1. The van der Waals surface area contributed by atoms with Gasteiger partial charge >= 0.3 is 5.97 Å². The van der Waals surface area contributed by atoms with Crippen LogP contribution in [0.2, 0.25) is 0 Å². The Hall–Kier alpha value is -1.10. The Balaban J connectivity index is 2.31. The number of aliphatic carboxylic acids is 1. The van der Waals surface area contributed by atoms with Crippen LogP contribution in [0.4, 0.5) is 0 Å². The van der Waals surface area contributed by atoms with Gasteiger partial charge in [-0.1, -0.05) is 6.92 Å². The lowest BCUT2D eigenvalue weighted by Gasteiger charge is -2.25. The van der Waals surface area contributed by atoms with E-state index in [4.69, 9.17) is 9.84 Å². The van der Waals surface area contributed by atoms with E-state index in [9.17, 15) is 9.59 Å². The van der Waals surface area contributed by atoms with Gasteiger partial charge in [0.25, 0.3) is 0 Å². The Bertz CT molecular complexity index is 272. The molecule has 0 radical (unpaired) electrons. The molecule has 5 heteroatoms. The molecule has 2 N–H and O–H groups in total. The smallest absolute Gasteiger partial charge is 0.334 e. The second-order valence-corrected chi connectivity index (χ2v) is 4.76. The maximum Gasteiger partial charge on any atom is 0.334 e. The highest BCUT2D eigenvalue weighted by atomic mass is 16.5. The van der Waals surface area contributed by atoms with Crippen molar-refractivity contribution in [1.82, 2.24) is 5.32 Å². The van der Waals surface area contributed by atoms with Crippen molar-refractivity contribution < 1.29 is 19.4 Å². The number of hydrogen-bond acceptors (Lipinski definition) is 3. The van der Waals surface area contributed by atoms with E-state index in [0.717, 1.165) is 25.7 Å². The molecule has 17 heavy (non-hydrogen) atoms. The summed E-state index contributed by atoms with van der Waals surface area (Å²) < 4.78 is 4.75. The van der Waals surface area contributed by atoms with Gasteiger partial charge in [-0.2, -0.15) is 0 Å². The lowest BCUT2D eigenvalue weighted by atomic mass is 9.82. The van der Waals surface area contributed by atoms with E-state index < -0.39 is 12.1 Å². The first-order valence-electron chi connectivity index (χ1n) is 6.08. The zero-order valence-electron chi connectivity index (χ0n) is 10.4. The summed E-state index contributed by atoms with van der Waals surface area (Å²) in [5.74, 6) is -0.354. The minimum absolute atomic E-state index is 0.0384. The zero-order valence-corrected chi connectivity index (χ0v) is 10.4. The molecule has 0 aliphatic heterocycles. The summed E-state index contributed by atoms with van der Waals surface area (Å²) in [6.07, 6.45) is 2.99. The van der Waals surface area contributed by atoms with Crippen LogP contribution in [0, 0.1) is 11.8 Å². The monoisotopic (exact) mass is 243 g/mol. The first kappa shape index (κ1) is 14.0. The van der Waals surface area contributed by atoms with Crippen molar-refractivity contribution in [3.8, 4) is 0 Å². The molecule has 0 aromatic rings. The number of rotatable bonds is 5. The van der Waals surface area contributed by atoms with Crippen LogP contribution in [0.3, 0.4) is 0 Å². The van der Waals surface area contributed by atoms with E-state index in [1.54, 1.807) is 0 Å². The third-order valence-corrected chi connectivity index (χ3v) is 3.41. The van der Waals surface area contributed by atoms with Gasteiger partial charge in [0.05, 0.1) is 6.54 Å². The van der Waals surface area contributed by atoms with Gasteiger partial charge in [0, 0.05) is 13.0 Å². The van der Waals surface area contributed by atoms with Crippen LogP contribution in [0.5, 0.6) is 0 Å². The van der Waals surface area contributed by atoms with E-state index in [-0.39, 0.29) is 18.4 Å². The highest BCUT2D eigenvalue weighted by Crippen LogP contribution is 2.28. The van der Waals surface area contributed by atoms with Crippen LogP contribution >= 0.6 is 0 Å². The SMILES string of the molecule is COC(CNC(=O)C1CCC(C)CC1)C(=O)O. The Morgan fingerprint density at radius 1 is 1.35 bits per heavy atom. The van der Waals surface area contributed by atoms with Gasteiger partial charge in [-0.3, -0.25) is 4.79 Å². The molecule has 1 saturated carbocycles. The molecule has 0 spiro atoms. The molecule has 0 bridgehead atoms. The number of amides is 1. The number of hydrogen-bond donors (Lipinski definition) is 2. The molecule has 98 valence electrons. The number of ether oxygens (including phenoxy) is 1. The molecule has 0 saturated heterocycles. The van der Waals surface area contributed by atoms with Gasteiger partial charge in [-0.15, -0.1) is 0 Å². The average molecular weight is 243 g/mol. The predicted molar refractivity (Wildman–Crippen MR) is 62.6 cm³/mol. The summed E-state index contributed by atoms with van der Waals surface area (Å²) in [5.41, 5.74) is 0. The number of carboxylic acids is 1. The van der Waals surface area contributed by atoms with E-state index in [1.165, 1.54) is 7.11 Å². The third kappa shape index (κ3) is 4.34. The van der Waals surface area contributed by atoms with Gasteiger partial charge in [-0.25, -0.2) is 4.79 Å².